The normalized spacial score (nSPS) is 28.2. The summed E-state index contributed by atoms with van der Waals surface area (Å²) in [4.78, 5) is 2.62. The lowest BCUT2D eigenvalue weighted by molar-refractivity contribution is 0.124. The molecule has 0 aromatic heterocycles. The molecule has 0 amide bonds. The number of hydrogen-bond donors (Lipinski definition) is 1. The highest BCUT2D eigenvalue weighted by Crippen LogP contribution is 2.38. The highest BCUT2D eigenvalue weighted by Gasteiger charge is 2.46. The zero-order valence-electron chi connectivity index (χ0n) is 9.95. The van der Waals surface area contributed by atoms with E-state index >= 15 is 0 Å². The first-order chi connectivity index (χ1) is 7.77. The summed E-state index contributed by atoms with van der Waals surface area (Å²) in [5, 5.41) is 3.69. The number of piperazine rings is 1. The predicted octanol–water partition coefficient (Wildman–Crippen LogP) is 2.01. The maximum absolute atomic E-state index is 3.69. The Morgan fingerprint density at radius 2 is 2.06 bits per heavy atom. The third-order valence-corrected chi connectivity index (χ3v) is 3.98. The number of rotatable bonds is 2. The van der Waals surface area contributed by atoms with Gasteiger partial charge >= 0.3 is 0 Å². The molecule has 1 atom stereocenters. The van der Waals surface area contributed by atoms with Crippen LogP contribution in [-0.4, -0.2) is 29.6 Å². The summed E-state index contributed by atoms with van der Waals surface area (Å²) in [7, 11) is 0. The van der Waals surface area contributed by atoms with Crippen LogP contribution < -0.4 is 5.32 Å². The predicted molar refractivity (Wildman–Crippen MR) is 66.3 cm³/mol. The third kappa shape index (κ3) is 2.00. The Labute approximate surface area is 97.6 Å². The molecule has 2 aliphatic rings. The minimum absolute atomic E-state index is 0.487. The average Bonchev–Trinajstić information content (AvgIpc) is 3.06. The van der Waals surface area contributed by atoms with Crippen LogP contribution in [0.3, 0.4) is 0 Å². The van der Waals surface area contributed by atoms with E-state index in [0.717, 1.165) is 13.1 Å². The van der Waals surface area contributed by atoms with Gasteiger partial charge in [0, 0.05) is 31.2 Å². The van der Waals surface area contributed by atoms with Gasteiger partial charge in [-0.3, -0.25) is 4.90 Å². The first kappa shape index (κ1) is 10.3. The van der Waals surface area contributed by atoms with Crippen LogP contribution >= 0.6 is 0 Å². The highest BCUT2D eigenvalue weighted by molar-refractivity contribution is 5.16. The molecule has 1 aromatic carbocycles. The number of hydrogen-bond acceptors (Lipinski definition) is 2. The standard InChI is InChI=1S/C14H20N2/c1-12-9-15-14(7-8-14)11-16(12)10-13-5-3-2-4-6-13/h2-6,12,15H,7-11H2,1H3/t12-/m0/s1. The Hall–Kier alpha value is -0.860. The van der Waals surface area contributed by atoms with Crippen molar-refractivity contribution in [3.05, 3.63) is 35.9 Å². The van der Waals surface area contributed by atoms with Crippen molar-refractivity contribution in [2.24, 2.45) is 0 Å². The number of nitrogens with zero attached hydrogens (tertiary/aromatic N) is 1. The summed E-state index contributed by atoms with van der Waals surface area (Å²) in [6.07, 6.45) is 2.73. The molecule has 1 aliphatic heterocycles. The van der Waals surface area contributed by atoms with E-state index in [2.05, 4.69) is 47.5 Å². The van der Waals surface area contributed by atoms with Crippen molar-refractivity contribution < 1.29 is 0 Å². The molecule has 0 bridgehead atoms. The minimum atomic E-state index is 0.487. The Morgan fingerprint density at radius 3 is 2.75 bits per heavy atom. The molecule has 1 saturated heterocycles. The quantitative estimate of drug-likeness (QED) is 0.813. The number of nitrogens with one attached hydrogen (secondary N) is 1. The Balaban J connectivity index is 1.69. The molecule has 1 aliphatic carbocycles. The summed E-state index contributed by atoms with van der Waals surface area (Å²) in [6, 6.07) is 11.5. The second kappa shape index (κ2) is 3.86. The van der Waals surface area contributed by atoms with Crippen LogP contribution in [0.5, 0.6) is 0 Å². The molecule has 1 aromatic rings. The van der Waals surface area contributed by atoms with Gasteiger partial charge in [0.15, 0.2) is 0 Å². The Morgan fingerprint density at radius 1 is 1.31 bits per heavy atom. The van der Waals surface area contributed by atoms with Crippen LogP contribution in [-0.2, 0) is 6.54 Å². The molecule has 1 saturated carbocycles. The first-order valence-electron chi connectivity index (χ1n) is 6.30. The van der Waals surface area contributed by atoms with E-state index < -0.39 is 0 Å². The monoisotopic (exact) mass is 216 g/mol. The molecular formula is C14H20N2. The van der Waals surface area contributed by atoms with E-state index in [1.54, 1.807) is 0 Å². The fourth-order valence-corrected chi connectivity index (χ4v) is 2.61. The van der Waals surface area contributed by atoms with Gasteiger partial charge in [-0.05, 0) is 25.3 Å². The van der Waals surface area contributed by atoms with E-state index in [9.17, 15) is 0 Å². The van der Waals surface area contributed by atoms with Gasteiger partial charge in [0.25, 0.3) is 0 Å². The van der Waals surface area contributed by atoms with Crippen molar-refractivity contribution in [2.75, 3.05) is 13.1 Å². The lowest BCUT2D eigenvalue weighted by atomic mass is 10.1. The largest absolute Gasteiger partial charge is 0.308 e. The second-order valence-electron chi connectivity index (χ2n) is 5.40. The van der Waals surface area contributed by atoms with Crippen molar-refractivity contribution in [1.29, 1.82) is 0 Å². The topological polar surface area (TPSA) is 15.3 Å². The van der Waals surface area contributed by atoms with Gasteiger partial charge in [-0.15, -0.1) is 0 Å². The molecule has 0 radical (unpaired) electrons. The van der Waals surface area contributed by atoms with Crippen LogP contribution in [0, 0.1) is 0 Å². The van der Waals surface area contributed by atoms with Crippen molar-refractivity contribution in [3.63, 3.8) is 0 Å². The maximum atomic E-state index is 3.69. The van der Waals surface area contributed by atoms with Gasteiger partial charge in [0.2, 0.25) is 0 Å². The summed E-state index contributed by atoms with van der Waals surface area (Å²) in [6.45, 7) is 5.80. The molecule has 1 N–H and O–H groups in total. The summed E-state index contributed by atoms with van der Waals surface area (Å²) >= 11 is 0. The zero-order chi connectivity index (χ0) is 11.0. The summed E-state index contributed by atoms with van der Waals surface area (Å²) < 4.78 is 0. The lowest BCUT2D eigenvalue weighted by Crippen LogP contribution is -2.56. The summed E-state index contributed by atoms with van der Waals surface area (Å²) in [5.41, 5.74) is 1.92. The van der Waals surface area contributed by atoms with Crippen molar-refractivity contribution in [3.8, 4) is 0 Å². The zero-order valence-corrected chi connectivity index (χ0v) is 9.95. The van der Waals surface area contributed by atoms with Crippen molar-refractivity contribution in [2.45, 2.75) is 37.9 Å². The fourth-order valence-electron chi connectivity index (χ4n) is 2.61. The molecule has 2 heteroatoms. The number of benzene rings is 1. The van der Waals surface area contributed by atoms with Gasteiger partial charge in [0.1, 0.15) is 0 Å². The van der Waals surface area contributed by atoms with E-state index in [4.69, 9.17) is 0 Å². The molecule has 86 valence electrons. The smallest absolute Gasteiger partial charge is 0.0311 e. The lowest BCUT2D eigenvalue weighted by Gasteiger charge is -2.39. The molecule has 2 fully saturated rings. The molecule has 3 rings (SSSR count). The minimum Gasteiger partial charge on any atom is -0.308 e. The van der Waals surface area contributed by atoms with E-state index in [1.165, 1.54) is 24.9 Å². The molecule has 0 unspecified atom stereocenters. The van der Waals surface area contributed by atoms with E-state index in [1.807, 2.05) is 0 Å². The van der Waals surface area contributed by atoms with Crippen LogP contribution in [0.4, 0.5) is 0 Å². The maximum Gasteiger partial charge on any atom is 0.0311 e. The van der Waals surface area contributed by atoms with Gasteiger partial charge in [0.05, 0.1) is 0 Å². The average molecular weight is 216 g/mol. The molecule has 1 spiro atoms. The van der Waals surface area contributed by atoms with Crippen LogP contribution in [0.15, 0.2) is 30.3 Å². The van der Waals surface area contributed by atoms with Crippen LogP contribution in [0.25, 0.3) is 0 Å². The van der Waals surface area contributed by atoms with E-state index in [0.29, 0.717) is 11.6 Å². The van der Waals surface area contributed by atoms with Gasteiger partial charge in [-0.1, -0.05) is 30.3 Å². The van der Waals surface area contributed by atoms with Gasteiger partial charge in [-0.25, -0.2) is 0 Å². The Kier molecular flexibility index (Phi) is 2.49. The van der Waals surface area contributed by atoms with E-state index in [-0.39, 0.29) is 0 Å². The third-order valence-electron chi connectivity index (χ3n) is 3.98. The van der Waals surface area contributed by atoms with Crippen LogP contribution in [0.2, 0.25) is 0 Å². The molecule has 2 nitrogen and oxygen atoms in total. The van der Waals surface area contributed by atoms with Gasteiger partial charge < -0.3 is 5.32 Å². The van der Waals surface area contributed by atoms with Crippen LogP contribution in [0.1, 0.15) is 25.3 Å². The molecule has 16 heavy (non-hydrogen) atoms. The van der Waals surface area contributed by atoms with Gasteiger partial charge in [-0.2, -0.15) is 0 Å². The van der Waals surface area contributed by atoms with Crippen molar-refractivity contribution in [1.82, 2.24) is 10.2 Å². The SMILES string of the molecule is C[C@H]1CNC2(CC2)CN1Cc1ccccc1. The highest BCUT2D eigenvalue weighted by atomic mass is 15.3. The van der Waals surface area contributed by atoms with Crippen molar-refractivity contribution >= 4 is 0 Å². The summed E-state index contributed by atoms with van der Waals surface area (Å²) in [5.74, 6) is 0. The molecule has 1 heterocycles. The second-order valence-corrected chi connectivity index (χ2v) is 5.40. The molecular weight excluding hydrogens is 196 g/mol. The first-order valence-corrected chi connectivity index (χ1v) is 6.30. The Bertz CT molecular complexity index is 356. The fraction of sp³-hybridized carbons (Fsp3) is 0.571.